The van der Waals surface area contributed by atoms with Gasteiger partial charge in [0.25, 0.3) is 15.7 Å². The quantitative estimate of drug-likeness (QED) is 0.207. The second kappa shape index (κ2) is 14.3. The van der Waals surface area contributed by atoms with E-state index >= 15 is 0 Å². The number of aryl methyl sites for hydroxylation is 2. The lowest BCUT2D eigenvalue weighted by Gasteiger charge is -2.32. The normalized spacial score (nSPS) is 11.9. The van der Waals surface area contributed by atoms with E-state index in [9.17, 15) is 28.1 Å². The summed E-state index contributed by atoms with van der Waals surface area (Å²) in [6.07, 6.45) is 0.688. The zero-order chi connectivity index (χ0) is 31.9. The van der Waals surface area contributed by atoms with Crippen LogP contribution in [0, 0.1) is 24.0 Å². The number of halogens is 1. The summed E-state index contributed by atoms with van der Waals surface area (Å²) < 4.78 is 34.6. The first kappa shape index (κ1) is 33.3. The molecule has 0 fully saturated rings. The molecular weight excluding hydrogens is 596 g/mol. The van der Waals surface area contributed by atoms with Gasteiger partial charge in [0.05, 0.1) is 22.6 Å². The van der Waals surface area contributed by atoms with Gasteiger partial charge in [-0.2, -0.15) is 0 Å². The molecule has 0 aliphatic carbocycles. The first-order valence-corrected chi connectivity index (χ1v) is 15.4. The van der Waals surface area contributed by atoms with Gasteiger partial charge in [-0.05, 0) is 62.6 Å². The highest BCUT2D eigenvalue weighted by Gasteiger charge is 2.35. The Morgan fingerprint density at radius 3 is 2.40 bits per heavy atom. The number of benzene rings is 3. The third kappa shape index (κ3) is 7.82. The van der Waals surface area contributed by atoms with E-state index in [-0.39, 0.29) is 28.6 Å². The van der Waals surface area contributed by atoms with Crippen molar-refractivity contribution >= 4 is 44.8 Å². The molecule has 1 N–H and O–H groups in total. The minimum Gasteiger partial charge on any atom is -0.495 e. The van der Waals surface area contributed by atoms with Crippen molar-refractivity contribution in [2.24, 2.45) is 0 Å². The SMILES string of the molecule is CCCNC(=O)[C@H](C)N(Cc1ccccc1C)C(=O)CN(c1cc(Cl)ccc1OC)S(=O)(=O)c1ccc(C)c([N+](=O)[O-])c1. The maximum Gasteiger partial charge on any atom is 0.273 e. The van der Waals surface area contributed by atoms with Crippen molar-refractivity contribution in [2.45, 2.75) is 51.6 Å². The number of hydrogen-bond donors (Lipinski definition) is 1. The highest BCUT2D eigenvalue weighted by Crippen LogP contribution is 2.36. The van der Waals surface area contributed by atoms with Crippen molar-refractivity contribution in [1.29, 1.82) is 0 Å². The monoisotopic (exact) mass is 630 g/mol. The number of hydrogen-bond acceptors (Lipinski definition) is 7. The predicted molar refractivity (Wildman–Crippen MR) is 165 cm³/mol. The van der Waals surface area contributed by atoms with E-state index in [0.29, 0.717) is 13.0 Å². The second-order valence-electron chi connectivity index (χ2n) is 9.95. The van der Waals surface area contributed by atoms with Crippen LogP contribution in [0.3, 0.4) is 0 Å². The van der Waals surface area contributed by atoms with Crippen LogP contribution in [0.1, 0.15) is 37.0 Å². The lowest BCUT2D eigenvalue weighted by molar-refractivity contribution is -0.385. The Hall–Kier alpha value is -4.16. The number of amides is 2. The van der Waals surface area contributed by atoms with Crippen molar-refractivity contribution in [2.75, 3.05) is 24.5 Å². The second-order valence-corrected chi connectivity index (χ2v) is 12.2. The fraction of sp³-hybridized carbons (Fsp3) is 0.333. The topological polar surface area (TPSA) is 139 Å². The van der Waals surface area contributed by atoms with E-state index in [1.165, 1.54) is 49.3 Å². The van der Waals surface area contributed by atoms with Gasteiger partial charge in [0.2, 0.25) is 11.8 Å². The molecule has 3 rings (SSSR count). The molecule has 0 aliphatic heterocycles. The molecule has 0 spiro atoms. The molecule has 230 valence electrons. The van der Waals surface area contributed by atoms with Crippen molar-refractivity contribution in [3.8, 4) is 5.75 Å². The van der Waals surface area contributed by atoms with Gasteiger partial charge in [0.15, 0.2) is 0 Å². The molecule has 3 aromatic rings. The molecule has 0 bridgehead atoms. The molecule has 1 atom stereocenters. The van der Waals surface area contributed by atoms with Crippen LogP contribution in [-0.2, 0) is 26.2 Å². The number of methoxy groups -OCH3 is 1. The minimum absolute atomic E-state index is 0.0305. The Balaban J connectivity index is 2.16. The maximum absolute atomic E-state index is 14.2. The molecule has 11 nitrogen and oxygen atoms in total. The third-order valence-corrected chi connectivity index (χ3v) is 8.96. The first-order valence-electron chi connectivity index (χ1n) is 13.5. The van der Waals surface area contributed by atoms with Crippen LogP contribution in [0.2, 0.25) is 5.02 Å². The van der Waals surface area contributed by atoms with Gasteiger partial charge in [-0.15, -0.1) is 0 Å². The maximum atomic E-state index is 14.2. The average Bonchev–Trinajstić information content (AvgIpc) is 2.97. The fourth-order valence-corrected chi connectivity index (χ4v) is 6.00. The predicted octanol–water partition coefficient (Wildman–Crippen LogP) is 5.01. The number of nitrogens with one attached hydrogen (secondary N) is 1. The summed E-state index contributed by atoms with van der Waals surface area (Å²) in [4.78, 5) is 39.0. The zero-order valence-corrected chi connectivity index (χ0v) is 26.2. The zero-order valence-electron chi connectivity index (χ0n) is 24.7. The first-order chi connectivity index (χ1) is 20.3. The number of rotatable bonds is 13. The van der Waals surface area contributed by atoms with Gasteiger partial charge in [-0.25, -0.2) is 8.42 Å². The van der Waals surface area contributed by atoms with Crippen molar-refractivity contribution < 1.29 is 27.7 Å². The van der Waals surface area contributed by atoms with Crippen LogP contribution in [0.25, 0.3) is 0 Å². The Morgan fingerprint density at radius 1 is 1.07 bits per heavy atom. The molecule has 0 heterocycles. The molecule has 0 unspecified atom stereocenters. The highest BCUT2D eigenvalue weighted by atomic mass is 35.5. The van der Waals surface area contributed by atoms with Crippen molar-refractivity contribution in [1.82, 2.24) is 10.2 Å². The molecule has 0 aromatic heterocycles. The van der Waals surface area contributed by atoms with Crippen LogP contribution in [-0.4, -0.2) is 56.3 Å². The number of carbonyl (C=O) groups is 2. The summed E-state index contributed by atoms with van der Waals surface area (Å²) in [5.41, 5.74) is 1.48. The number of nitro benzene ring substituents is 1. The van der Waals surface area contributed by atoms with Gasteiger partial charge in [0.1, 0.15) is 18.3 Å². The Bertz CT molecular complexity index is 1610. The van der Waals surface area contributed by atoms with Crippen LogP contribution < -0.4 is 14.4 Å². The standard InChI is InChI=1S/C30H35ClN4O7S/c1-6-15-32-30(37)22(4)33(18-23-10-8-7-9-20(23)2)29(36)19-34(27-16-24(31)12-14-28(27)42-5)43(40,41)25-13-11-21(3)26(17-25)35(38)39/h7-14,16-17,22H,6,15,18-19H2,1-5H3,(H,32,37)/t22-/m0/s1. The van der Waals surface area contributed by atoms with E-state index in [4.69, 9.17) is 16.3 Å². The lowest BCUT2D eigenvalue weighted by Crippen LogP contribution is -2.51. The van der Waals surface area contributed by atoms with Gasteiger partial charge in [0, 0.05) is 29.7 Å². The summed E-state index contributed by atoms with van der Waals surface area (Å²) in [5.74, 6) is -0.983. The number of nitro groups is 1. The molecule has 3 aromatic carbocycles. The van der Waals surface area contributed by atoms with E-state index in [1.54, 1.807) is 6.92 Å². The van der Waals surface area contributed by atoms with E-state index in [2.05, 4.69) is 5.32 Å². The molecular formula is C30H35ClN4O7S. The average molecular weight is 631 g/mol. The molecule has 0 saturated carbocycles. The molecule has 2 amide bonds. The van der Waals surface area contributed by atoms with Crippen LogP contribution in [0.15, 0.2) is 65.6 Å². The van der Waals surface area contributed by atoms with E-state index in [0.717, 1.165) is 21.5 Å². The summed E-state index contributed by atoms with van der Waals surface area (Å²) in [5, 5.41) is 14.6. The lowest BCUT2D eigenvalue weighted by atomic mass is 10.1. The van der Waals surface area contributed by atoms with E-state index in [1.807, 2.05) is 38.1 Å². The summed E-state index contributed by atoms with van der Waals surface area (Å²) in [6.45, 7) is 6.52. The number of nitrogens with zero attached hydrogens (tertiary/aromatic N) is 3. The summed E-state index contributed by atoms with van der Waals surface area (Å²) in [6, 6.07) is 14.2. The largest absolute Gasteiger partial charge is 0.495 e. The van der Waals surface area contributed by atoms with Crippen molar-refractivity contribution in [3.63, 3.8) is 0 Å². The van der Waals surface area contributed by atoms with E-state index < -0.39 is 49.9 Å². The van der Waals surface area contributed by atoms with Crippen LogP contribution >= 0.6 is 11.6 Å². The van der Waals surface area contributed by atoms with Gasteiger partial charge in [-0.1, -0.05) is 48.9 Å². The minimum atomic E-state index is -4.60. The molecule has 13 heteroatoms. The third-order valence-electron chi connectivity index (χ3n) is 6.97. The Labute approximate surface area is 256 Å². The summed E-state index contributed by atoms with van der Waals surface area (Å²) in [7, 11) is -3.27. The molecule has 0 aliphatic rings. The summed E-state index contributed by atoms with van der Waals surface area (Å²) >= 11 is 6.25. The van der Waals surface area contributed by atoms with Crippen molar-refractivity contribution in [3.05, 3.63) is 92.5 Å². The van der Waals surface area contributed by atoms with Crippen LogP contribution in [0.5, 0.6) is 5.75 Å². The smallest absolute Gasteiger partial charge is 0.273 e. The number of anilines is 1. The highest BCUT2D eigenvalue weighted by molar-refractivity contribution is 7.92. The Kier molecular flexibility index (Phi) is 11.1. The van der Waals surface area contributed by atoms with Gasteiger partial charge >= 0.3 is 0 Å². The molecule has 0 saturated heterocycles. The Morgan fingerprint density at radius 2 is 1.77 bits per heavy atom. The number of sulfonamides is 1. The number of carbonyl (C=O) groups excluding carboxylic acids is 2. The van der Waals surface area contributed by atoms with Gasteiger partial charge < -0.3 is 15.0 Å². The molecule has 0 radical (unpaired) electrons. The van der Waals surface area contributed by atoms with Gasteiger partial charge in [-0.3, -0.25) is 24.0 Å². The van der Waals surface area contributed by atoms with Crippen LogP contribution in [0.4, 0.5) is 11.4 Å². The molecule has 43 heavy (non-hydrogen) atoms. The number of ether oxygens (including phenoxy) is 1. The fourth-order valence-electron chi connectivity index (χ4n) is 4.39.